The number of benzene rings is 1. The van der Waals surface area contributed by atoms with E-state index >= 15 is 0 Å². The highest BCUT2D eigenvalue weighted by Gasteiger charge is 2.16. The van der Waals surface area contributed by atoms with Crippen LogP contribution < -0.4 is 9.46 Å². The first-order chi connectivity index (χ1) is 11.6. The zero-order valence-corrected chi connectivity index (χ0v) is 14.4. The van der Waals surface area contributed by atoms with Crippen molar-refractivity contribution in [3.63, 3.8) is 0 Å². The minimum Gasteiger partial charge on any atom is -0.494 e. The molecule has 0 atom stereocenters. The van der Waals surface area contributed by atoms with E-state index in [1.165, 1.54) is 23.5 Å². The van der Waals surface area contributed by atoms with Gasteiger partial charge in [-0.25, -0.2) is 13.1 Å². The van der Waals surface area contributed by atoms with Gasteiger partial charge in [-0.3, -0.25) is 0 Å². The van der Waals surface area contributed by atoms with Crippen LogP contribution in [0.1, 0.15) is 12.8 Å². The lowest BCUT2D eigenvalue weighted by atomic mass is 10.3. The van der Waals surface area contributed by atoms with Crippen molar-refractivity contribution >= 4 is 21.4 Å². The number of sulfonamides is 1. The first kappa shape index (κ1) is 16.6. The molecule has 0 saturated heterocycles. The quantitative estimate of drug-likeness (QED) is 0.692. The zero-order chi connectivity index (χ0) is 17.0. The van der Waals surface area contributed by atoms with Crippen LogP contribution in [0.5, 0.6) is 5.75 Å². The Hall–Kier alpha value is -2.23. The summed E-state index contributed by atoms with van der Waals surface area (Å²) in [5.74, 6) is 1.27. The summed E-state index contributed by atoms with van der Waals surface area (Å²) >= 11 is 1.48. The van der Waals surface area contributed by atoms with Gasteiger partial charge in [0.15, 0.2) is 0 Å². The molecule has 0 unspecified atom stereocenters. The van der Waals surface area contributed by atoms with Crippen LogP contribution in [0.2, 0.25) is 0 Å². The maximum atomic E-state index is 12.3. The third kappa shape index (κ3) is 3.81. The van der Waals surface area contributed by atoms with Crippen LogP contribution in [0.3, 0.4) is 0 Å². The highest BCUT2D eigenvalue weighted by molar-refractivity contribution is 7.89. The fourth-order valence-corrected chi connectivity index (χ4v) is 3.58. The molecule has 0 saturated carbocycles. The molecule has 3 rings (SSSR count). The van der Waals surface area contributed by atoms with Gasteiger partial charge in [0.25, 0.3) is 0 Å². The van der Waals surface area contributed by atoms with E-state index in [0.29, 0.717) is 18.2 Å². The maximum Gasteiger partial charge on any atom is 0.242 e. The summed E-state index contributed by atoms with van der Waals surface area (Å²) in [5.41, 5.74) is 0. The second-order valence-electron chi connectivity index (χ2n) is 4.72. The van der Waals surface area contributed by atoms with Crippen molar-refractivity contribution in [2.45, 2.75) is 18.4 Å². The van der Waals surface area contributed by atoms with Crippen LogP contribution >= 0.6 is 11.3 Å². The summed E-state index contributed by atoms with van der Waals surface area (Å²) in [6, 6.07) is 9.93. The Morgan fingerprint density at radius 1 is 1.25 bits per heavy atom. The van der Waals surface area contributed by atoms with Gasteiger partial charge in [0, 0.05) is 0 Å². The highest BCUT2D eigenvalue weighted by Crippen LogP contribution is 2.21. The molecule has 1 aromatic carbocycles. The predicted molar refractivity (Wildman–Crippen MR) is 89.2 cm³/mol. The second-order valence-corrected chi connectivity index (χ2v) is 7.43. The molecule has 1 N–H and O–H groups in total. The minimum absolute atomic E-state index is 0.0755. The first-order valence-corrected chi connectivity index (χ1v) is 9.54. The molecule has 0 radical (unpaired) electrons. The van der Waals surface area contributed by atoms with Crippen molar-refractivity contribution < 1.29 is 17.7 Å². The number of rotatable bonds is 7. The Balaban J connectivity index is 1.66. The fraction of sp³-hybridized carbons (Fsp3) is 0.200. The van der Waals surface area contributed by atoms with Gasteiger partial charge in [-0.05, 0) is 42.6 Å². The van der Waals surface area contributed by atoms with E-state index < -0.39 is 10.0 Å². The molecule has 2 aromatic heterocycles. The third-order valence-electron chi connectivity index (χ3n) is 3.07. The van der Waals surface area contributed by atoms with Crippen molar-refractivity contribution in [2.75, 3.05) is 6.61 Å². The smallest absolute Gasteiger partial charge is 0.242 e. The molecule has 7 nitrogen and oxygen atoms in total. The third-order valence-corrected chi connectivity index (χ3v) is 5.35. The molecule has 0 aliphatic carbocycles. The standard InChI is InChI=1S/C15H15N3O4S2/c1-2-21-11-5-7-12(8-6-11)24(19,20)16-10-14-17-15(18-22-14)13-4-3-9-23-13/h3-9,16H,2,10H2,1H3. The number of ether oxygens (including phenoxy) is 1. The lowest BCUT2D eigenvalue weighted by molar-refractivity contribution is 0.340. The van der Waals surface area contributed by atoms with Gasteiger partial charge in [-0.2, -0.15) is 4.98 Å². The molecule has 3 aromatic rings. The van der Waals surface area contributed by atoms with Crippen LogP contribution in [0.4, 0.5) is 0 Å². The van der Waals surface area contributed by atoms with E-state index in [4.69, 9.17) is 9.26 Å². The summed E-state index contributed by atoms with van der Waals surface area (Å²) in [4.78, 5) is 5.18. The zero-order valence-electron chi connectivity index (χ0n) is 12.8. The van der Waals surface area contributed by atoms with Crippen LogP contribution in [-0.4, -0.2) is 25.2 Å². The van der Waals surface area contributed by atoms with E-state index in [-0.39, 0.29) is 17.3 Å². The summed E-state index contributed by atoms with van der Waals surface area (Å²) in [5, 5.41) is 5.74. The largest absolute Gasteiger partial charge is 0.494 e. The number of hydrogen-bond donors (Lipinski definition) is 1. The molecular formula is C15H15N3O4S2. The molecular weight excluding hydrogens is 350 g/mol. The molecule has 2 heterocycles. The van der Waals surface area contributed by atoms with E-state index in [2.05, 4.69) is 14.9 Å². The maximum absolute atomic E-state index is 12.3. The van der Waals surface area contributed by atoms with Gasteiger partial charge in [0.05, 0.1) is 22.9 Å². The van der Waals surface area contributed by atoms with E-state index in [0.717, 1.165) is 4.88 Å². The van der Waals surface area contributed by atoms with E-state index in [1.54, 1.807) is 12.1 Å². The Morgan fingerprint density at radius 3 is 2.71 bits per heavy atom. The molecule has 0 fully saturated rings. The van der Waals surface area contributed by atoms with Gasteiger partial charge < -0.3 is 9.26 Å². The fourth-order valence-electron chi connectivity index (χ4n) is 1.95. The SMILES string of the molecule is CCOc1ccc(S(=O)(=O)NCc2nc(-c3cccs3)no2)cc1. The van der Waals surface area contributed by atoms with Crippen molar-refractivity contribution in [1.82, 2.24) is 14.9 Å². The summed E-state index contributed by atoms with van der Waals surface area (Å²) in [7, 11) is -3.67. The Kier molecular flexibility index (Phi) is 4.93. The lowest BCUT2D eigenvalue weighted by Crippen LogP contribution is -2.23. The van der Waals surface area contributed by atoms with Gasteiger partial charge in [0.2, 0.25) is 21.7 Å². The summed E-state index contributed by atoms with van der Waals surface area (Å²) in [6.45, 7) is 2.31. The van der Waals surface area contributed by atoms with Crippen molar-refractivity contribution in [1.29, 1.82) is 0 Å². The van der Waals surface area contributed by atoms with Gasteiger partial charge in [-0.15, -0.1) is 11.3 Å². The van der Waals surface area contributed by atoms with Crippen LogP contribution in [0, 0.1) is 0 Å². The Morgan fingerprint density at radius 2 is 2.04 bits per heavy atom. The number of aromatic nitrogens is 2. The van der Waals surface area contributed by atoms with E-state index in [9.17, 15) is 8.42 Å². The van der Waals surface area contributed by atoms with Gasteiger partial charge in [-0.1, -0.05) is 11.2 Å². The first-order valence-electron chi connectivity index (χ1n) is 7.17. The van der Waals surface area contributed by atoms with Crippen molar-refractivity contribution in [2.24, 2.45) is 0 Å². The molecule has 0 bridgehead atoms. The van der Waals surface area contributed by atoms with Gasteiger partial charge in [0.1, 0.15) is 5.75 Å². The Labute approximate surface area is 143 Å². The molecule has 9 heteroatoms. The predicted octanol–water partition coefficient (Wildman–Crippen LogP) is 2.68. The minimum atomic E-state index is -3.67. The highest BCUT2D eigenvalue weighted by atomic mass is 32.2. The average molecular weight is 365 g/mol. The van der Waals surface area contributed by atoms with Crippen LogP contribution in [0.15, 0.2) is 51.2 Å². The molecule has 126 valence electrons. The van der Waals surface area contributed by atoms with Gasteiger partial charge >= 0.3 is 0 Å². The molecule has 0 amide bonds. The number of hydrogen-bond acceptors (Lipinski definition) is 7. The second kappa shape index (κ2) is 7.12. The Bertz CT molecular complexity index is 887. The molecule has 24 heavy (non-hydrogen) atoms. The average Bonchev–Trinajstić information content (AvgIpc) is 3.25. The number of nitrogens with zero attached hydrogens (tertiary/aromatic N) is 2. The molecule has 0 aliphatic rings. The topological polar surface area (TPSA) is 94.3 Å². The number of nitrogens with one attached hydrogen (secondary N) is 1. The monoisotopic (exact) mass is 365 g/mol. The lowest BCUT2D eigenvalue weighted by Gasteiger charge is -2.06. The normalized spacial score (nSPS) is 11.5. The van der Waals surface area contributed by atoms with Crippen molar-refractivity contribution in [3.8, 4) is 16.5 Å². The summed E-state index contributed by atoms with van der Waals surface area (Å²) < 4.78 is 37.3. The molecule has 0 spiro atoms. The van der Waals surface area contributed by atoms with Crippen molar-refractivity contribution in [3.05, 3.63) is 47.7 Å². The van der Waals surface area contributed by atoms with Crippen LogP contribution in [0.25, 0.3) is 10.7 Å². The molecule has 0 aliphatic heterocycles. The number of thiophene rings is 1. The van der Waals surface area contributed by atoms with Crippen LogP contribution in [-0.2, 0) is 16.6 Å². The van der Waals surface area contributed by atoms with E-state index in [1.807, 2.05) is 24.4 Å². The summed E-state index contributed by atoms with van der Waals surface area (Å²) in [6.07, 6.45) is 0.